The second-order valence-electron chi connectivity index (χ2n) is 4.47. The molecule has 1 heterocycles. The van der Waals surface area contributed by atoms with Crippen LogP contribution in [0.5, 0.6) is 0 Å². The number of aliphatic hydroxyl groups excluding tert-OH is 1. The second-order valence-corrected chi connectivity index (χ2v) is 4.47. The molecule has 0 saturated carbocycles. The molecule has 1 saturated heterocycles. The highest BCUT2D eigenvalue weighted by atomic mass is 16.3. The molecule has 78 valence electrons. The highest BCUT2D eigenvalue weighted by Crippen LogP contribution is 2.30. The van der Waals surface area contributed by atoms with Gasteiger partial charge in [0.05, 0.1) is 6.61 Å². The van der Waals surface area contributed by atoms with E-state index in [0.717, 1.165) is 12.0 Å². The zero-order chi connectivity index (χ0) is 9.84. The molecule has 0 radical (unpaired) electrons. The predicted octanol–water partition coefficient (Wildman–Crippen LogP) is 1.88. The van der Waals surface area contributed by atoms with Gasteiger partial charge >= 0.3 is 0 Å². The van der Waals surface area contributed by atoms with Crippen molar-refractivity contribution in [2.45, 2.75) is 52.1 Å². The lowest BCUT2D eigenvalue weighted by molar-refractivity contribution is -0.0388. The van der Waals surface area contributed by atoms with Crippen molar-refractivity contribution >= 4 is 0 Å². The van der Waals surface area contributed by atoms with Crippen LogP contribution in [0.1, 0.15) is 40.0 Å². The molecule has 0 aliphatic carbocycles. The van der Waals surface area contributed by atoms with Crippen LogP contribution in [0.2, 0.25) is 0 Å². The van der Waals surface area contributed by atoms with Crippen LogP contribution >= 0.6 is 0 Å². The first kappa shape index (κ1) is 11.0. The van der Waals surface area contributed by atoms with Gasteiger partial charge in [0.25, 0.3) is 0 Å². The number of hydrogen-bond acceptors (Lipinski definition) is 2. The van der Waals surface area contributed by atoms with Crippen LogP contribution in [0.15, 0.2) is 0 Å². The molecule has 1 fully saturated rings. The van der Waals surface area contributed by atoms with Crippen LogP contribution in [-0.4, -0.2) is 35.2 Å². The van der Waals surface area contributed by atoms with Crippen molar-refractivity contribution in [2.24, 2.45) is 5.92 Å². The third kappa shape index (κ3) is 2.44. The van der Waals surface area contributed by atoms with Crippen molar-refractivity contribution in [3.05, 3.63) is 0 Å². The van der Waals surface area contributed by atoms with E-state index >= 15 is 0 Å². The molecule has 0 aromatic carbocycles. The molecule has 1 aliphatic rings. The van der Waals surface area contributed by atoms with E-state index in [4.69, 9.17) is 5.11 Å². The summed E-state index contributed by atoms with van der Waals surface area (Å²) in [4.78, 5) is 2.48. The van der Waals surface area contributed by atoms with E-state index in [1.807, 2.05) is 0 Å². The third-order valence-electron chi connectivity index (χ3n) is 3.16. The molecule has 13 heavy (non-hydrogen) atoms. The fraction of sp³-hybridized carbons (Fsp3) is 1.00. The Bertz CT molecular complexity index is 147. The Labute approximate surface area is 81.9 Å². The average molecular weight is 185 g/mol. The van der Waals surface area contributed by atoms with Crippen LogP contribution in [0.25, 0.3) is 0 Å². The Kier molecular flexibility index (Phi) is 4.20. The summed E-state index contributed by atoms with van der Waals surface area (Å²) in [6, 6.07) is 1.18. The average Bonchev–Trinajstić information content (AvgIpc) is 2.03. The molecule has 1 N–H and O–H groups in total. The molecule has 0 amide bonds. The Morgan fingerprint density at radius 3 is 2.62 bits per heavy atom. The number of likely N-dealkylation sites (tertiary alicyclic amines) is 1. The summed E-state index contributed by atoms with van der Waals surface area (Å²) in [6.45, 7) is 8.28. The van der Waals surface area contributed by atoms with Gasteiger partial charge in [-0.1, -0.05) is 27.2 Å². The Balaban J connectivity index is 2.35. The molecule has 1 aliphatic heterocycles. The van der Waals surface area contributed by atoms with E-state index in [1.54, 1.807) is 0 Å². The molecule has 1 rings (SSSR count). The monoisotopic (exact) mass is 185 g/mol. The first-order valence-corrected chi connectivity index (χ1v) is 5.57. The van der Waals surface area contributed by atoms with E-state index < -0.39 is 0 Å². The lowest BCUT2D eigenvalue weighted by Gasteiger charge is -2.50. The summed E-state index contributed by atoms with van der Waals surface area (Å²) < 4.78 is 0. The Morgan fingerprint density at radius 2 is 2.15 bits per heavy atom. The smallest absolute Gasteiger partial charge is 0.0587 e. The van der Waals surface area contributed by atoms with Gasteiger partial charge in [-0.05, 0) is 25.3 Å². The van der Waals surface area contributed by atoms with Gasteiger partial charge in [-0.25, -0.2) is 0 Å². The number of rotatable bonds is 5. The second kappa shape index (κ2) is 4.97. The first-order chi connectivity index (χ1) is 6.20. The van der Waals surface area contributed by atoms with Gasteiger partial charge in [0, 0.05) is 12.1 Å². The number of nitrogens with zero attached hydrogens (tertiary/aromatic N) is 1. The van der Waals surface area contributed by atoms with Gasteiger partial charge in [0.1, 0.15) is 0 Å². The van der Waals surface area contributed by atoms with Crippen LogP contribution in [-0.2, 0) is 0 Å². The maximum absolute atomic E-state index is 9.11. The minimum absolute atomic E-state index is 0.340. The Hall–Kier alpha value is -0.0800. The predicted molar refractivity (Wildman–Crippen MR) is 55.7 cm³/mol. The van der Waals surface area contributed by atoms with E-state index in [-0.39, 0.29) is 0 Å². The minimum atomic E-state index is 0.340. The molecule has 0 spiro atoms. The number of aliphatic hydroxyl groups is 1. The molecule has 2 nitrogen and oxygen atoms in total. The van der Waals surface area contributed by atoms with E-state index in [2.05, 4.69) is 25.7 Å². The molecular formula is C11H23NO. The number of hydrogen-bond donors (Lipinski definition) is 1. The Morgan fingerprint density at radius 1 is 1.46 bits per heavy atom. The molecule has 0 bridgehead atoms. The highest BCUT2D eigenvalue weighted by molar-refractivity contribution is 4.93. The quantitative estimate of drug-likeness (QED) is 0.707. The normalized spacial score (nSPS) is 29.3. The standard InChI is InChI=1S/C11H23NO/c1-4-5-6-12-10(8-13)7-11(12)9(2)3/h9-11,13H,4-8H2,1-3H3/t10-,11-/m1/s1. The van der Waals surface area contributed by atoms with Gasteiger partial charge < -0.3 is 5.11 Å². The van der Waals surface area contributed by atoms with Gasteiger partial charge in [0.2, 0.25) is 0 Å². The number of unbranched alkanes of at least 4 members (excludes halogenated alkanes) is 1. The van der Waals surface area contributed by atoms with Gasteiger partial charge in [-0.3, -0.25) is 4.90 Å². The lowest BCUT2D eigenvalue weighted by atomic mass is 9.85. The largest absolute Gasteiger partial charge is 0.395 e. The van der Waals surface area contributed by atoms with Gasteiger partial charge in [-0.15, -0.1) is 0 Å². The molecule has 0 aromatic rings. The zero-order valence-electron chi connectivity index (χ0n) is 9.16. The van der Waals surface area contributed by atoms with Crippen LogP contribution in [0, 0.1) is 5.92 Å². The summed E-state index contributed by atoms with van der Waals surface area (Å²) in [5.74, 6) is 0.736. The molecule has 2 atom stereocenters. The van der Waals surface area contributed by atoms with Gasteiger partial charge in [-0.2, -0.15) is 0 Å². The fourth-order valence-corrected chi connectivity index (χ4v) is 2.21. The van der Waals surface area contributed by atoms with Crippen molar-refractivity contribution in [1.82, 2.24) is 4.90 Å². The van der Waals surface area contributed by atoms with Crippen molar-refractivity contribution < 1.29 is 5.11 Å². The van der Waals surface area contributed by atoms with Gasteiger partial charge in [0.15, 0.2) is 0 Å². The summed E-state index contributed by atoms with van der Waals surface area (Å²) in [5.41, 5.74) is 0. The fourth-order valence-electron chi connectivity index (χ4n) is 2.21. The summed E-state index contributed by atoms with van der Waals surface area (Å²) in [5, 5.41) is 9.11. The highest BCUT2D eigenvalue weighted by Gasteiger charge is 2.38. The molecule has 0 unspecified atom stereocenters. The summed E-state index contributed by atoms with van der Waals surface area (Å²) in [6.07, 6.45) is 3.71. The first-order valence-electron chi connectivity index (χ1n) is 5.57. The van der Waals surface area contributed by atoms with E-state index in [0.29, 0.717) is 12.6 Å². The lowest BCUT2D eigenvalue weighted by Crippen LogP contribution is -2.59. The zero-order valence-corrected chi connectivity index (χ0v) is 9.16. The molecule has 2 heteroatoms. The van der Waals surface area contributed by atoms with Crippen molar-refractivity contribution in [3.63, 3.8) is 0 Å². The SMILES string of the molecule is CCCCN1[C@@H](CO)C[C@@H]1C(C)C. The van der Waals surface area contributed by atoms with Crippen LogP contribution < -0.4 is 0 Å². The maximum Gasteiger partial charge on any atom is 0.0587 e. The topological polar surface area (TPSA) is 23.5 Å². The molecular weight excluding hydrogens is 162 g/mol. The van der Waals surface area contributed by atoms with Crippen molar-refractivity contribution in [2.75, 3.05) is 13.2 Å². The summed E-state index contributed by atoms with van der Waals surface area (Å²) in [7, 11) is 0. The minimum Gasteiger partial charge on any atom is -0.395 e. The van der Waals surface area contributed by atoms with E-state index in [9.17, 15) is 0 Å². The van der Waals surface area contributed by atoms with Crippen LogP contribution in [0.4, 0.5) is 0 Å². The maximum atomic E-state index is 9.11. The van der Waals surface area contributed by atoms with Crippen LogP contribution in [0.3, 0.4) is 0 Å². The molecule has 0 aromatic heterocycles. The van der Waals surface area contributed by atoms with Crippen molar-refractivity contribution in [3.8, 4) is 0 Å². The summed E-state index contributed by atoms with van der Waals surface area (Å²) >= 11 is 0. The van der Waals surface area contributed by atoms with Crippen molar-refractivity contribution in [1.29, 1.82) is 0 Å². The van der Waals surface area contributed by atoms with E-state index in [1.165, 1.54) is 25.8 Å². The third-order valence-corrected chi connectivity index (χ3v) is 3.16.